The third-order valence-electron chi connectivity index (χ3n) is 4.04. The van der Waals surface area contributed by atoms with Gasteiger partial charge in [0.25, 0.3) is 0 Å². The summed E-state index contributed by atoms with van der Waals surface area (Å²) in [6.45, 7) is 3.30. The van der Waals surface area contributed by atoms with Crippen molar-refractivity contribution in [3.63, 3.8) is 0 Å². The van der Waals surface area contributed by atoms with Crippen LogP contribution in [0.2, 0.25) is 5.02 Å². The number of benzene rings is 1. The fourth-order valence-electron chi connectivity index (χ4n) is 2.99. The van der Waals surface area contributed by atoms with Crippen molar-refractivity contribution in [1.82, 2.24) is 15.2 Å². The molecule has 1 aliphatic rings. The van der Waals surface area contributed by atoms with E-state index in [0.717, 1.165) is 37.3 Å². The predicted octanol–water partition coefficient (Wildman–Crippen LogP) is 4.47. The van der Waals surface area contributed by atoms with E-state index in [9.17, 15) is 13.2 Å². The molecule has 0 bridgehead atoms. The minimum atomic E-state index is -4.70. The summed E-state index contributed by atoms with van der Waals surface area (Å²) in [6, 6.07) is 7.63. The highest BCUT2D eigenvalue weighted by Gasteiger charge is 2.31. The van der Waals surface area contributed by atoms with Crippen LogP contribution in [0, 0.1) is 0 Å². The third kappa shape index (κ3) is 6.40. The Kier molecular flexibility index (Phi) is 9.11. The van der Waals surface area contributed by atoms with Gasteiger partial charge in [-0.1, -0.05) is 23.7 Å². The zero-order chi connectivity index (χ0) is 17.9. The van der Waals surface area contributed by atoms with Gasteiger partial charge in [-0.2, -0.15) is 0 Å². The van der Waals surface area contributed by atoms with Gasteiger partial charge in [0, 0.05) is 38.6 Å². The summed E-state index contributed by atoms with van der Waals surface area (Å²) in [7, 11) is 0. The van der Waals surface area contributed by atoms with E-state index in [0.29, 0.717) is 5.02 Å². The lowest BCUT2D eigenvalue weighted by Gasteiger charge is -2.36. The van der Waals surface area contributed by atoms with Crippen LogP contribution in [0.3, 0.4) is 0 Å². The maximum atomic E-state index is 12.3. The van der Waals surface area contributed by atoms with Crippen molar-refractivity contribution in [3.8, 4) is 5.75 Å². The summed E-state index contributed by atoms with van der Waals surface area (Å²) in [5, 5.41) is 3.82. The summed E-state index contributed by atoms with van der Waals surface area (Å²) >= 11 is 6.33. The predicted molar refractivity (Wildman–Crippen MR) is 103 cm³/mol. The van der Waals surface area contributed by atoms with Gasteiger partial charge in [-0.3, -0.25) is 9.88 Å². The molecule has 4 nitrogen and oxygen atoms in total. The van der Waals surface area contributed by atoms with Crippen molar-refractivity contribution in [2.75, 3.05) is 26.2 Å². The van der Waals surface area contributed by atoms with Gasteiger partial charge in [-0.25, -0.2) is 0 Å². The first-order chi connectivity index (χ1) is 11.9. The highest BCUT2D eigenvalue weighted by atomic mass is 35.5. The van der Waals surface area contributed by atoms with Crippen molar-refractivity contribution in [1.29, 1.82) is 0 Å². The van der Waals surface area contributed by atoms with E-state index < -0.39 is 6.36 Å². The van der Waals surface area contributed by atoms with Crippen LogP contribution in [0.5, 0.6) is 5.75 Å². The Morgan fingerprint density at radius 2 is 1.70 bits per heavy atom. The van der Waals surface area contributed by atoms with Gasteiger partial charge in [0.15, 0.2) is 0 Å². The van der Waals surface area contributed by atoms with E-state index >= 15 is 0 Å². The molecule has 2 heterocycles. The fraction of sp³-hybridized carbons (Fsp3) is 0.353. The van der Waals surface area contributed by atoms with E-state index in [2.05, 4.69) is 19.9 Å². The van der Waals surface area contributed by atoms with E-state index in [1.165, 1.54) is 12.1 Å². The van der Waals surface area contributed by atoms with Gasteiger partial charge in [-0.05, 0) is 29.3 Å². The molecule has 0 amide bonds. The molecule has 1 aromatic heterocycles. The van der Waals surface area contributed by atoms with Crippen LogP contribution in [-0.4, -0.2) is 42.4 Å². The van der Waals surface area contributed by atoms with Gasteiger partial charge in [0.1, 0.15) is 5.75 Å². The first-order valence-electron chi connectivity index (χ1n) is 7.84. The number of piperazine rings is 1. The topological polar surface area (TPSA) is 37.4 Å². The highest BCUT2D eigenvalue weighted by Crippen LogP contribution is 2.34. The lowest BCUT2D eigenvalue weighted by Crippen LogP contribution is -2.45. The van der Waals surface area contributed by atoms with Crippen LogP contribution in [-0.2, 0) is 0 Å². The number of rotatable bonds is 4. The molecule has 1 aliphatic heterocycles. The molecule has 150 valence electrons. The van der Waals surface area contributed by atoms with Crippen LogP contribution in [0.1, 0.15) is 17.2 Å². The van der Waals surface area contributed by atoms with Gasteiger partial charge in [0.05, 0.1) is 11.1 Å². The van der Waals surface area contributed by atoms with Crippen molar-refractivity contribution in [2.45, 2.75) is 12.4 Å². The second kappa shape index (κ2) is 10.3. The quantitative estimate of drug-likeness (QED) is 0.755. The van der Waals surface area contributed by atoms with Crippen molar-refractivity contribution >= 4 is 36.4 Å². The smallest absolute Gasteiger partial charge is 0.406 e. The zero-order valence-electron chi connectivity index (χ0n) is 14.1. The SMILES string of the molecule is Cl.Cl.FC(F)(F)Oc1ccc([C@H](c2ccncc2Cl)N2CCNCC2)cc1. The van der Waals surface area contributed by atoms with Crippen molar-refractivity contribution in [3.05, 3.63) is 58.9 Å². The Morgan fingerprint density at radius 1 is 1.07 bits per heavy atom. The Morgan fingerprint density at radius 3 is 2.26 bits per heavy atom. The molecule has 3 rings (SSSR count). The standard InChI is InChI=1S/C17H17ClF3N3O.2ClH/c18-15-11-23-6-5-14(15)16(24-9-7-22-8-10-24)12-1-3-13(4-2-12)25-17(19,20)21;;/h1-6,11,16,22H,7-10H2;2*1H/t16-;;/m1../s1. The van der Waals surface area contributed by atoms with Crippen LogP contribution >= 0.6 is 36.4 Å². The van der Waals surface area contributed by atoms with Gasteiger partial charge in [-0.15, -0.1) is 38.0 Å². The summed E-state index contributed by atoms with van der Waals surface area (Å²) < 4.78 is 41.0. The number of pyridine rings is 1. The number of nitrogens with one attached hydrogen (secondary N) is 1. The summed E-state index contributed by atoms with van der Waals surface area (Å²) in [6.07, 6.45) is -1.46. The number of hydrogen-bond donors (Lipinski definition) is 1. The Bertz CT molecular complexity index is 711. The van der Waals surface area contributed by atoms with Crippen LogP contribution in [0.25, 0.3) is 0 Å². The number of nitrogens with zero attached hydrogens (tertiary/aromatic N) is 2. The van der Waals surface area contributed by atoms with Crippen LogP contribution in [0.15, 0.2) is 42.7 Å². The average Bonchev–Trinajstić information content (AvgIpc) is 2.58. The van der Waals surface area contributed by atoms with E-state index in [1.807, 2.05) is 6.07 Å². The monoisotopic (exact) mass is 443 g/mol. The molecular formula is C17H19Cl3F3N3O. The first-order valence-corrected chi connectivity index (χ1v) is 8.22. The fourth-order valence-corrected chi connectivity index (χ4v) is 3.21. The van der Waals surface area contributed by atoms with E-state index in [1.54, 1.807) is 24.5 Å². The summed E-state index contributed by atoms with van der Waals surface area (Å²) in [4.78, 5) is 6.26. The number of alkyl halides is 3. The normalized spacial score (nSPS) is 16.0. The molecule has 0 unspecified atom stereocenters. The minimum absolute atomic E-state index is 0. The molecule has 1 atom stereocenters. The minimum Gasteiger partial charge on any atom is -0.406 e. The first kappa shape index (κ1) is 23.8. The Labute approximate surface area is 172 Å². The maximum absolute atomic E-state index is 12.3. The zero-order valence-corrected chi connectivity index (χ0v) is 16.5. The number of aromatic nitrogens is 1. The van der Waals surface area contributed by atoms with Crippen molar-refractivity contribution in [2.24, 2.45) is 0 Å². The largest absolute Gasteiger partial charge is 0.573 e. The Balaban J connectivity index is 0.00000182. The average molecular weight is 445 g/mol. The molecule has 0 radical (unpaired) electrons. The molecule has 1 N–H and O–H groups in total. The van der Waals surface area contributed by atoms with Crippen LogP contribution in [0.4, 0.5) is 13.2 Å². The number of ether oxygens (including phenoxy) is 1. The molecule has 0 aliphatic carbocycles. The lowest BCUT2D eigenvalue weighted by atomic mass is 9.97. The van der Waals surface area contributed by atoms with E-state index in [-0.39, 0.29) is 36.6 Å². The summed E-state index contributed by atoms with van der Waals surface area (Å²) in [5.74, 6) is -0.240. The molecule has 0 spiro atoms. The second-order valence-corrected chi connectivity index (χ2v) is 6.11. The molecule has 2 aromatic rings. The highest BCUT2D eigenvalue weighted by molar-refractivity contribution is 6.31. The summed E-state index contributed by atoms with van der Waals surface area (Å²) in [5.41, 5.74) is 1.73. The molecule has 10 heteroatoms. The third-order valence-corrected chi connectivity index (χ3v) is 4.36. The van der Waals surface area contributed by atoms with Gasteiger partial charge in [0.2, 0.25) is 0 Å². The Hall–Kier alpha value is -1.25. The number of hydrogen-bond acceptors (Lipinski definition) is 4. The second-order valence-electron chi connectivity index (χ2n) is 5.70. The maximum Gasteiger partial charge on any atom is 0.573 e. The van der Waals surface area contributed by atoms with Crippen molar-refractivity contribution < 1.29 is 17.9 Å². The molecular weight excluding hydrogens is 426 g/mol. The molecule has 1 aromatic carbocycles. The lowest BCUT2D eigenvalue weighted by molar-refractivity contribution is -0.274. The van der Waals surface area contributed by atoms with Gasteiger partial charge >= 0.3 is 6.36 Å². The molecule has 27 heavy (non-hydrogen) atoms. The van der Waals surface area contributed by atoms with E-state index in [4.69, 9.17) is 11.6 Å². The van der Waals surface area contributed by atoms with Gasteiger partial charge < -0.3 is 10.1 Å². The molecule has 0 saturated carbocycles. The molecule has 1 fully saturated rings. The molecule has 1 saturated heterocycles. The number of halogens is 6. The van der Waals surface area contributed by atoms with Crippen LogP contribution < -0.4 is 10.1 Å².